The number of aliphatic hydroxyl groups is 5. The van der Waals surface area contributed by atoms with Crippen LogP contribution in [0, 0.1) is 6.92 Å². The van der Waals surface area contributed by atoms with E-state index in [2.05, 4.69) is 24.2 Å². The van der Waals surface area contributed by atoms with Crippen LogP contribution >= 0.6 is 0 Å². The molecule has 14 aliphatic heterocycles. The van der Waals surface area contributed by atoms with Crippen LogP contribution in [0.2, 0.25) is 0 Å². The Balaban J connectivity index is 0.000000208. The van der Waals surface area contributed by atoms with Gasteiger partial charge in [0, 0.05) is 42.4 Å². The van der Waals surface area contributed by atoms with Crippen molar-refractivity contribution >= 4 is 57.9 Å². The molecule has 1 aromatic carbocycles. The molecule has 10 N–H and O–H groups in total. The van der Waals surface area contributed by atoms with Crippen molar-refractivity contribution in [3.8, 4) is 0 Å². The van der Waals surface area contributed by atoms with E-state index < -0.39 is 262 Å². The van der Waals surface area contributed by atoms with Crippen LogP contribution in [0.1, 0.15) is 130 Å². The van der Waals surface area contributed by atoms with Crippen molar-refractivity contribution in [3.63, 3.8) is 0 Å². The molecule has 0 spiro atoms. The number of carboxylic acids is 3. The number of carbonyl (C=O) groups excluding carboxylic acids is 5. The molecule has 14 heterocycles. The van der Waals surface area contributed by atoms with Crippen molar-refractivity contribution in [2.45, 2.75) is 327 Å². The number of nitrogens with two attached hydrogens (primary N) is 1. The van der Waals surface area contributed by atoms with Crippen molar-refractivity contribution in [3.05, 3.63) is 40.3 Å². The second-order valence-electron chi connectivity index (χ2n) is 33.9. The van der Waals surface area contributed by atoms with E-state index >= 15 is 0 Å². The summed E-state index contributed by atoms with van der Waals surface area (Å²) in [6.07, 6.45) is -16.0. The number of ether oxygens (including phenoxy) is 27. The maximum atomic E-state index is 12.3. The number of aliphatic hydroxyl groups excluding tert-OH is 5. The molecule has 0 aliphatic carbocycles. The Kier molecular flexibility index (Phi) is 34.0. The molecular formula is C76H116CuN4O46S. The van der Waals surface area contributed by atoms with Crippen LogP contribution in [-0.4, -0.2) is 363 Å². The molecule has 0 amide bonds. The van der Waals surface area contributed by atoms with Crippen molar-refractivity contribution < 1.29 is 237 Å². The number of carboxylic acid groups (broad SMARTS) is 3. The van der Waals surface area contributed by atoms with Gasteiger partial charge in [-0.3, -0.25) is 13.8 Å². The zero-order valence-electron chi connectivity index (χ0n) is 74.7. The summed E-state index contributed by atoms with van der Waals surface area (Å²) in [4.78, 5) is 92.0. The van der Waals surface area contributed by atoms with Gasteiger partial charge in [-0.2, -0.15) is 8.42 Å². The molecule has 0 unspecified atom stereocenters. The number of fused-ring (bicyclic) bond motifs is 10. The van der Waals surface area contributed by atoms with Crippen LogP contribution in [0.5, 0.6) is 0 Å². The van der Waals surface area contributed by atoms with E-state index in [-0.39, 0.29) is 41.7 Å². The van der Waals surface area contributed by atoms with E-state index in [0.717, 1.165) is 26.5 Å². The maximum absolute atomic E-state index is 12.3. The number of esters is 5. The van der Waals surface area contributed by atoms with E-state index in [1.807, 2.05) is 20.8 Å². The van der Waals surface area contributed by atoms with Gasteiger partial charge in [-0.05, 0) is 135 Å². The average Bonchev–Trinajstić information content (AvgIpc) is 1.53. The number of benzene rings is 1. The molecular weight excluding hydrogens is 1800 g/mol. The molecule has 1 radical (unpaired) electrons. The van der Waals surface area contributed by atoms with Gasteiger partial charge in [0.25, 0.3) is 22.1 Å². The standard InChI is InChI=1S/C17H22O9S.C13H20O7.C12H18O7.C10H15N3O6.C10H17NO6.C10H16O7.2C2H4O2.Cu/c1-10-5-7-11(8-6-10)27(20,21)23-9-12-13(18)14-17(24-12,15(19)22-4)26-16(2,3)25-14;1-11(2)16-6-7-8(18-11)9-13(17-7,10(14)15-5)20-12(3,4)19-9;1-10(2)15-5-6-7(17-10)8-12(16-6,9(13)14)19-11(3,4)18-8;1-9(2)18-7-6(14)5(4-12-13-11)17-10(7,19-9)8(15)16-3;2*1-9(2)16-7-6(12)5(4-11)15-10(7,17-9)8(13)14-3;2*1-2(3)4;/h5-8,12-14,18H,9H2,1-4H3;7-9H,6H2,1-5H3;6-8H,5H2,1-4H3,(H,13,14);5-7,14H,4H2,1-3H3;5-7,12H,4,11H2,1-3H3;5-7,11-12H,4H2,1-3H3;2*1H3,(H,3,4);/t12-,13+,14-,17+;7-,8+,9-,13+;6-,7+,8-,12+;3*5-,6+,7-,10+;;;/m000000.../s1. The first kappa shape index (κ1) is 109. The summed E-state index contributed by atoms with van der Waals surface area (Å²) in [5.41, 5.74) is 14.6. The fourth-order valence-electron chi connectivity index (χ4n) is 15.6. The molecule has 14 saturated heterocycles. The van der Waals surface area contributed by atoms with E-state index in [1.54, 1.807) is 109 Å². The van der Waals surface area contributed by atoms with Gasteiger partial charge in [0.15, 0.2) is 82.9 Å². The Morgan fingerprint density at radius 2 is 0.703 bits per heavy atom. The Morgan fingerprint density at radius 1 is 0.430 bits per heavy atom. The van der Waals surface area contributed by atoms with Gasteiger partial charge in [0.2, 0.25) is 0 Å². The summed E-state index contributed by atoms with van der Waals surface area (Å²) < 4.78 is 175. The minimum Gasteiger partial charge on any atom is -0.481 e. The zero-order chi connectivity index (χ0) is 96.0. The van der Waals surface area contributed by atoms with Crippen LogP contribution in [0.25, 0.3) is 10.4 Å². The van der Waals surface area contributed by atoms with Crippen molar-refractivity contribution in [2.24, 2.45) is 10.8 Å². The Hall–Kier alpha value is -6.40. The predicted octanol–water partition coefficient (Wildman–Crippen LogP) is -0.751. The number of carbonyl (C=O) groups is 8. The molecule has 52 heteroatoms. The maximum Gasteiger partial charge on any atom is 0.369 e. The van der Waals surface area contributed by atoms with Crippen LogP contribution in [0.4, 0.5) is 0 Å². The first-order chi connectivity index (χ1) is 58.4. The van der Waals surface area contributed by atoms with E-state index in [4.69, 9.17) is 154 Å². The number of rotatable bonds is 14. The van der Waals surface area contributed by atoms with Crippen LogP contribution in [-0.2, 0) is 198 Å². The molecule has 14 aliphatic rings. The zero-order valence-corrected chi connectivity index (χ0v) is 76.4. The number of azide groups is 1. The smallest absolute Gasteiger partial charge is 0.369 e. The van der Waals surface area contributed by atoms with Crippen molar-refractivity contribution in [1.29, 1.82) is 0 Å². The number of hydrogen-bond acceptors (Lipinski definition) is 45. The summed E-state index contributed by atoms with van der Waals surface area (Å²) >= 11 is 0. The second kappa shape index (κ2) is 40.0. The van der Waals surface area contributed by atoms with Gasteiger partial charge in [-0.15, -0.1) is 0 Å². The van der Waals surface area contributed by atoms with E-state index in [1.165, 1.54) is 40.6 Å². The number of nitrogens with zero attached hydrogens (tertiary/aromatic N) is 3. The first-order valence-electron chi connectivity index (χ1n) is 39.4. The second-order valence-corrected chi connectivity index (χ2v) is 35.5. The molecule has 0 aromatic heterocycles. The van der Waals surface area contributed by atoms with E-state index in [9.17, 15) is 62.7 Å². The van der Waals surface area contributed by atoms with E-state index in [0.29, 0.717) is 6.61 Å². The van der Waals surface area contributed by atoms with Gasteiger partial charge in [-0.1, -0.05) is 22.8 Å². The summed E-state index contributed by atoms with van der Waals surface area (Å²) in [6, 6.07) is 6.10. The largest absolute Gasteiger partial charge is 0.481 e. The number of methoxy groups -OCH3 is 5. The Bertz CT molecular complexity index is 4200. The molecule has 24 atom stereocenters. The minimum atomic E-state index is -4.07. The monoisotopic (exact) mass is 1920 g/mol. The molecule has 0 saturated carbocycles. The normalized spacial score (nSPS) is 38.5. The fraction of sp³-hybridized carbons (Fsp3) is 0.816. The molecule has 1 aromatic rings. The SMILES string of the molecule is CC(=O)O.CC(=O)O.CC1(C)OC[C@@H]2O[C@@]3(C(=O)O)OC(C)(C)O[C@H]3[C@@H]2O1.COC(=O)[C@@]12O[C@@H](CN)[C@@H](O)[C@@H]1OC(C)(C)O2.COC(=O)[C@@]12O[C@@H](CN=[N+]=[N-])[C@@H](O)[C@@H]1OC(C)(C)O2.COC(=O)[C@@]12O[C@@H](CO)[C@@H](O)[C@@H]1OC(C)(C)O2.COC(=O)[C@@]12O[C@@H](COS(=O)(=O)c3ccc(C)cc3)[C@@H](O)[C@@H]1OC(C)(C)O2.COC(=O)[C@@]12O[C@H]3COC(C)(C)O[C@H]3[C@@H]1OC(C)(C)O2.[Cu]. The van der Waals surface area contributed by atoms with Crippen LogP contribution in [0.15, 0.2) is 34.3 Å². The Labute approximate surface area is 745 Å². The van der Waals surface area contributed by atoms with Gasteiger partial charge >= 0.3 is 70.5 Å². The summed E-state index contributed by atoms with van der Waals surface area (Å²) in [7, 11) is 1.94. The third kappa shape index (κ3) is 22.8. The van der Waals surface area contributed by atoms with Crippen molar-refractivity contribution in [2.75, 3.05) is 75.1 Å². The minimum absolute atomic E-state index is 0. The molecule has 0 bridgehead atoms. The predicted molar refractivity (Wildman–Crippen MR) is 408 cm³/mol. The quantitative estimate of drug-likeness (QED) is 0.0210. The van der Waals surface area contributed by atoms with Gasteiger partial charge in [0.05, 0.1) is 79.5 Å². The van der Waals surface area contributed by atoms with Gasteiger partial charge in [0.1, 0.15) is 67.1 Å². The topological polar surface area (TPSA) is 666 Å². The third-order valence-corrected chi connectivity index (χ3v) is 21.6. The number of aryl methyl sites for hydroxylation is 1. The summed E-state index contributed by atoms with van der Waals surface area (Å²) in [5, 5.41) is 77.1. The van der Waals surface area contributed by atoms with Gasteiger partial charge < -0.3 is 174 Å². The molecule has 14 fully saturated rings. The van der Waals surface area contributed by atoms with Crippen LogP contribution in [0.3, 0.4) is 0 Å². The van der Waals surface area contributed by atoms with Crippen molar-refractivity contribution in [1.82, 2.24) is 0 Å². The fourth-order valence-corrected chi connectivity index (χ4v) is 16.6. The average molecular weight is 1920 g/mol. The number of aliphatic carboxylic acids is 3. The summed E-state index contributed by atoms with van der Waals surface area (Å²) in [6.45, 7) is 30.1. The van der Waals surface area contributed by atoms with Crippen LogP contribution < -0.4 is 5.73 Å². The number of hydrogen-bond donors (Lipinski definition) is 9. The third-order valence-electron chi connectivity index (χ3n) is 20.3. The molecule has 733 valence electrons. The summed E-state index contributed by atoms with van der Waals surface area (Å²) in [5.74, 6) is -25.4. The molecule has 15 rings (SSSR count). The Morgan fingerprint density at radius 3 is 1.02 bits per heavy atom. The molecule has 50 nitrogen and oxygen atoms in total. The first-order valence-corrected chi connectivity index (χ1v) is 40.8. The van der Waals surface area contributed by atoms with Gasteiger partial charge in [-0.25, -0.2) is 28.8 Å². The molecule has 128 heavy (non-hydrogen) atoms.